The molecule has 6 heteroatoms. The van der Waals surface area contributed by atoms with Crippen LogP contribution in [0.15, 0.2) is 43.0 Å². The Morgan fingerprint density at radius 1 is 1.50 bits per heavy atom. The number of rotatable bonds is 6. The topological polar surface area (TPSA) is 64.3 Å². The lowest BCUT2D eigenvalue weighted by Crippen LogP contribution is -2.06. The van der Waals surface area contributed by atoms with Gasteiger partial charge in [-0.05, 0) is 23.8 Å². The van der Waals surface area contributed by atoms with Gasteiger partial charge in [-0.15, -0.1) is 0 Å². The number of imidazole rings is 1. The second-order valence-electron chi connectivity index (χ2n) is 4.01. The minimum atomic E-state index is -0.998. The molecule has 0 saturated carbocycles. The maximum atomic E-state index is 10.4. The molecular weight excluding hydrogens is 280 g/mol. The number of hydrogen-bond donors (Lipinski definition) is 1. The predicted molar refractivity (Wildman–Crippen MR) is 75.8 cm³/mol. The Balaban J connectivity index is 1.93. The van der Waals surface area contributed by atoms with E-state index in [-0.39, 0.29) is 0 Å². The van der Waals surface area contributed by atoms with Crippen LogP contribution in [0, 0.1) is 0 Å². The second-order valence-corrected chi connectivity index (χ2v) is 4.42. The number of aromatic nitrogens is 2. The van der Waals surface area contributed by atoms with E-state index in [1.807, 2.05) is 10.8 Å². The molecule has 1 N–H and O–H groups in total. The van der Waals surface area contributed by atoms with E-state index in [0.717, 1.165) is 6.08 Å². The van der Waals surface area contributed by atoms with Crippen molar-refractivity contribution in [2.24, 2.45) is 0 Å². The third-order valence-corrected chi connectivity index (χ3v) is 2.84. The highest BCUT2D eigenvalue weighted by Crippen LogP contribution is 2.26. The lowest BCUT2D eigenvalue weighted by molar-refractivity contribution is -0.131. The summed E-state index contributed by atoms with van der Waals surface area (Å²) in [6.07, 6.45) is 7.81. The maximum Gasteiger partial charge on any atom is 0.328 e. The Kier molecular flexibility index (Phi) is 4.79. The molecule has 0 aliphatic carbocycles. The molecule has 1 heterocycles. The van der Waals surface area contributed by atoms with E-state index in [1.165, 1.54) is 6.08 Å². The minimum absolute atomic E-state index is 0.447. The fourth-order valence-corrected chi connectivity index (χ4v) is 1.83. The lowest BCUT2D eigenvalue weighted by atomic mass is 10.2. The summed E-state index contributed by atoms with van der Waals surface area (Å²) >= 11 is 6.08. The predicted octanol–water partition coefficient (Wildman–Crippen LogP) is 2.71. The average molecular weight is 293 g/mol. The van der Waals surface area contributed by atoms with Gasteiger partial charge >= 0.3 is 5.97 Å². The molecule has 0 radical (unpaired) electrons. The number of ether oxygens (including phenoxy) is 1. The SMILES string of the molecule is O=C(O)C=Cc1ccc(OCCn2ccnc2)c(Cl)c1. The van der Waals surface area contributed by atoms with E-state index in [0.29, 0.717) is 29.5 Å². The maximum absolute atomic E-state index is 10.4. The van der Waals surface area contributed by atoms with Crippen molar-refractivity contribution in [3.8, 4) is 5.75 Å². The summed E-state index contributed by atoms with van der Waals surface area (Å²) in [4.78, 5) is 14.4. The van der Waals surface area contributed by atoms with E-state index >= 15 is 0 Å². The van der Waals surface area contributed by atoms with Gasteiger partial charge in [0.2, 0.25) is 0 Å². The molecule has 0 amide bonds. The quantitative estimate of drug-likeness (QED) is 0.832. The Morgan fingerprint density at radius 2 is 2.35 bits per heavy atom. The van der Waals surface area contributed by atoms with Gasteiger partial charge in [0.15, 0.2) is 0 Å². The zero-order chi connectivity index (χ0) is 14.4. The van der Waals surface area contributed by atoms with Crippen LogP contribution in [0.5, 0.6) is 5.75 Å². The number of hydrogen-bond acceptors (Lipinski definition) is 3. The number of carboxylic acid groups (broad SMARTS) is 1. The zero-order valence-corrected chi connectivity index (χ0v) is 11.3. The molecule has 1 aromatic carbocycles. The second kappa shape index (κ2) is 6.77. The molecule has 0 unspecified atom stereocenters. The highest BCUT2D eigenvalue weighted by molar-refractivity contribution is 6.32. The monoisotopic (exact) mass is 292 g/mol. The van der Waals surface area contributed by atoms with Crippen molar-refractivity contribution in [2.45, 2.75) is 6.54 Å². The summed E-state index contributed by atoms with van der Waals surface area (Å²) < 4.78 is 7.47. The summed E-state index contributed by atoms with van der Waals surface area (Å²) in [5.41, 5.74) is 0.708. The van der Waals surface area contributed by atoms with Gasteiger partial charge in [-0.1, -0.05) is 17.7 Å². The first-order chi connectivity index (χ1) is 9.65. The van der Waals surface area contributed by atoms with E-state index in [4.69, 9.17) is 21.4 Å². The molecule has 0 bridgehead atoms. The molecule has 0 fully saturated rings. The molecule has 0 saturated heterocycles. The molecule has 0 atom stereocenters. The van der Waals surface area contributed by atoms with Crippen LogP contribution < -0.4 is 4.74 Å². The molecule has 1 aromatic heterocycles. The molecule has 0 aliphatic heterocycles. The molecule has 104 valence electrons. The van der Waals surface area contributed by atoms with Crippen molar-refractivity contribution in [3.63, 3.8) is 0 Å². The Morgan fingerprint density at radius 3 is 3.00 bits per heavy atom. The van der Waals surface area contributed by atoms with Crippen molar-refractivity contribution in [2.75, 3.05) is 6.61 Å². The van der Waals surface area contributed by atoms with Gasteiger partial charge < -0.3 is 14.4 Å². The van der Waals surface area contributed by atoms with E-state index in [9.17, 15) is 4.79 Å². The normalized spacial score (nSPS) is 10.8. The van der Waals surface area contributed by atoms with E-state index < -0.39 is 5.97 Å². The minimum Gasteiger partial charge on any atom is -0.490 e. The molecule has 0 spiro atoms. The standard InChI is InChI=1S/C14H13ClN2O3/c15-12-9-11(2-4-14(18)19)1-3-13(12)20-8-7-17-6-5-16-10-17/h1-6,9-10H,7-8H2,(H,18,19). The first-order valence-corrected chi connectivity index (χ1v) is 6.32. The number of aliphatic carboxylic acids is 1. The van der Waals surface area contributed by atoms with E-state index in [2.05, 4.69) is 4.98 Å². The highest BCUT2D eigenvalue weighted by Gasteiger charge is 2.02. The Hall–Kier alpha value is -2.27. The first-order valence-electron chi connectivity index (χ1n) is 5.94. The average Bonchev–Trinajstić information content (AvgIpc) is 2.92. The van der Waals surface area contributed by atoms with Crippen LogP contribution in [-0.4, -0.2) is 27.2 Å². The Labute approximate surface area is 121 Å². The summed E-state index contributed by atoms with van der Waals surface area (Å²) in [5, 5.41) is 9.00. The molecule has 2 rings (SSSR count). The molecule has 2 aromatic rings. The third-order valence-electron chi connectivity index (χ3n) is 2.54. The van der Waals surface area contributed by atoms with Crippen molar-refractivity contribution in [1.82, 2.24) is 9.55 Å². The fraction of sp³-hybridized carbons (Fsp3) is 0.143. The van der Waals surface area contributed by atoms with Crippen LogP contribution in [0.4, 0.5) is 0 Å². The van der Waals surface area contributed by atoms with Gasteiger partial charge in [0, 0.05) is 18.5 Å². The van der Waals surface area contributed by atoms with Crippen LogP contribution >= 0.6 is 11.6 Å². The van der Waals surface area contributed by atoms with Crippen LogP contribution in [0.2, 0.25) is 5.02 Å². The zero-order valence-electron chi connectivity index (χ0n) is 10.6. The number of halogens is 1. The molecule has 5 nitrogen and oxygen atoms in total. The smallest absolute Gasteiger partial charge is 0.328 e. The summed E-state index contributed by atoms with van der Waals surface area (Å²) in [7, 11) is 0. The van der Waals surface area contributed by atoms with Crippen LogP contribution in [0.3, 0.4) is 0 Å². The summed E-state index contributed by atoms with van der Waals surface area (Å²) in [6, 6.07) is 5.13. The molecular formula is C14H13ClN2O3. The van der Waals surface area contributed by atoms with Gasteiger partial charge in [-0.25, -0.2) is 9.78 Å². The number of carboxylic acids is 1. The van der Waals surface area contributed by atoms with Gasteiger partial charge in [0.05, 0.1) is 17.9 Å². The van der Waals surface area contributed by atoms with Crippen molar-refractivity contribution in [1.29, 1.82) is 0 Å². The first kappa shape index (κ1) is 14.1. The number of benzene rings is 1. The third kappa shape index (κ3) is 4.13. The largest absolute Gasteiger partial charge is 0.490 e. The highest BCUT2D eigenvalue weighted by atomic mass is 35.5. The summed E-state index contributed by atoms with van der Waals surface area (Å²) in [5.74, 6) is -0.430. The van der Waals surface area contributed by atoms with Crippen LogP contribution in [0.1, 0.15) is 5.56 Å². The lowest BCUT2D eigenvalue weighted by Gasteiger charge is -2.09. The van der Waals surface area contributed by atoms with Gasteiger partial charge in [-0.2, -0.15) is 0 Å². The van der Waals surface area contributed by atoms with Crippen LogP contribution in [-0.2, 0) is 11.3 Å². The van der Waals surface area contributed by atoms with E-state index in [1.54, 1.807) is 30.7 Å². The Bertz CT molecular complexity index is 609. The molecule has 0 aliphatic rings. The summed E-state index contributed by atoms with van der Waals surface area (Å²) in [6.45, 7) is 1.15. The van der Waals surface area contributed by atoms with Crippen molar-refractivity contribution < 1.29 is 14.6 Å². The van der Waals surface area contributed by atoms with Crippen LogP contribution in [0.25, 0.3) is 6.08 Å². The van der Waals surface area contributed by atoms with Gasteiger partial charge in [0.1, 0.15) is 12.4 Å². The van der Waals surface area contributed by atoms with Gasteiger partial charge in [-0.3, -0.25) is 0 Å². The fourth-order valence-electron chi connectivity index (χ4n) is 1.59. The van der Waals surface area contributed by atoms with Gasteiger partial charge in [0.25, 0.3) is 0 Å². The number of nitrogens with zero attached hydrogens (tertiary/aromatic N) is 2. The van der Waals surface area contributed by atoms with Crippen molar-refractivity contribution in [3.05, 3.63) is 53.6 Å². The van der Waals surface area contributed by atoms with Crippen molar-refractivity contribution >= 4 is 23.6 Å². The number of carbonyl (C=O) groups is 1. The molecule has 20 heavy (non-hydrogen) atoms.